The van der Waals surface area contributed by atoms with Gasteiger partial charge in [0.2, 0.25) is 0 Å². The van der Waals surface area contributed by atoms with Crippen LogP contribution in [-0.4, -0.2) is 19.9 Å². The van der Waals surface area contributed by atoms with Crippen molar-refractivity contribution in [2.24, 2.45) is 0 Å². The number of hydrogen-bond acceptors (Lipinski definition) is 4. The van der Waals surface area contributed by atoms with Gasteiger partial charge in [-0.05, 0) is 87.5 Å². The zero-order valence-corrected chi connectivity index (χ0v) is 28.6. The van der Waals surface area contributed by atoms with Gasteiger partial charge in [0.15, 0.2) is 0 Å². The first kappa shape index (κ1) is 30.1. The summed E-state index contributed by atoms with van der Waals surface area (Å²) in [5.74, 6) is 0. The standard InChI is InChI=1S/C48H32N4/c1-2-38-39(40-25-27-49-45-8-4-3-7-41(40)45)22-19-30-9-17-36(28-42(30)38)37-18-14-33-20-23-43(51-46(33)29-37)31-10-12-32(13-11-31)44-24-21-35-16-15-34-6-5-26-50-47(34)48(35)52-44/h3-29H,2H2,1H3. The lowest BCUT2D eigenvalue weighted by molar-refractivity contribution is 1.16. The molecule has 0 fully saturated rings. The number of para-hydroxylation sites is 1. The summed E-state index contributed by atoms with van der Waals surface area (Å²) in [5.41, 5.74) is 14.0. The van der Waals surface area contributed by atoms with Gasteiger partial charge < -0.3 is 0 Å². The summed E-state index contributed by atoms with van der Waals surface area (Å²) in [6.07, 6.45) is 4.68. The lowest BCUT2D eigenvalue weighted by Gasteiger charge is -2.15. The molecule has 0 saturated carbocycles. The van der Waals surface area contributed by atoms with E-state index in [4.69, 9.17) is 9.97 Å². The van der Waals surface area contributed by atoms with Gasteiger partial charge in [-0.2, -0.15) is 0 Å². The van der Waals surface area contributed by atoms with Crippen molar-refractivity contribution in [3.05, 3.63) is 170 Å². The molecule has 10 aromatic rings. The van der Waals surface area contributed by atoms with Gasteiger partial charge >= 0.3 is 0 Å². The Bertz CT molecular complexity index is 3000. The van der Waals surface area contributed by atoms with E-state index in [1.165, 1.54) is 38.4 Å². The maximum Gasteiger partial charge on any atom is 0.0972 e. The minimum Gasteiger partial charge on any atom is -0.256 e. The van der Waals surface area contributed by atoms with E-state index in [9.17, 15) is 0 Å². The second kappa shape index (κ2) is 12.2. The average Bonchev–Trinajstić information content (AvgIpc) is 3.22. The average molecular weight is 665 g/mol. The Morgan fingerprint density at radius 3 is 1.88 bits per heavy atom. The molecule has 52 heavy (non-hydrogen) atoms. The van der Waals surface area contributed by atoms with E-state index in [-0.39, 0.29) is 0 Å². The van der Waals surface area contributed by atoms with Crippen LogP contribution in [0.3, 0.4) is 0 Å². The molecule has 0 atom stereocenters. The third kappa shape index (κ3) is 5.07. The van der Waals surface area contributed by atoms with Gasteiger partial charge in [-0.15, -0.1) is 0 Å². The first-order valence-corrected chi connectivity index (χ1v) is 17.8. The van der Waals surface area contributed by atoms with E-state index in [2.05, 4.69) is 156 Å². The Hall–Kier alpha value is -6.78. The zero-order valence-electron chi connectivity index (χ0n) is 28.6. The number of rotatable bonds is 5. The molecule has 0 unspecified atom stereocenters. The van der Waals surface area contributed by atoms with Gasteiger partial charge in [-0.3, -0.25) is 9.97 Å². The molecule has 0 bridgehead atoms. The van der Waals surface area contributed by atoms with E-state index in [1.807, 2.05) is 24.5 Å². The Balaban J connectivity index is 0.998. The van der Waals surface area contributed by atoms with Crippen LogP contribution in [0.15, 0.2) is 164 Å². The predicted molar refractivity (Wildman–Crippen MR) is 216 cm³/mol. The predicted octanol–water partition coefficient (Wildman–Crippen LogP) is 12.3. The number of aromatic nitrogens is 4. The van der Waals surface area contributed by atoms with E-state index >= 15 is 0 Å². The minimum atomic E-state index is 0.923. The molecule has 0 radical (unpaired) electrons. The molecule has 0 aliphatic rings. The van der Waals surface area contributed by atoms with Crippen LogP contribution in [0.5, 0.6) is 0 Å². The molecule has 0 spiro atoms. The highest BCUT2D eigenvalue weighted by Crippen LogP contribution is 2.37. The zero-order chi connectivity index (χ0) is 34.6. The van der Waals surface area contributed by atoms with E-state index in [0.717, 1.165) is 72.7 Å². The topological polar surface area (TPSA) is 51.6 Å². The van der Waals surface area contributed by atoms with Crippen LogP contribution in [0.1, 0.15) is 12.5 Å². The van der Waals surface area contributed by atoms with Gasteiger partial charge in [-0.1, -0.05) is 116 Å². The molecule has 4 heterocycles. The number of hydrogen-bond donors (Lipinski definition) is 0. The quantitative estimate of drug-likeness (QED) is 0.172. The van der Waals surface area contributed by atoms with Crippen LogP contribution in [0.4, 0.5) is 0 Å². The third-order valence-electron chi connectivity index (χ3n) is 10.4. The summed E-state index contributed by atoms with van der Waals surface area (Å²) in [7, 11) is 0. The van der Waals surface area contributed by atoms with Gasteiger partial charge in [-0.25, -0.2) is 9.97 Å². The van der Waals surface area contributed by atoms with E-state index in [0.29, 0.717) is 0 Å². The second-order valence-electron chi connectivity index (χ2n) is 13.3. The molecule has 10 rings (SSSR count). The lowest BCUT2D eigenvalue weighted by atomic mass is 9.89. The number of benzene rings is 6. The summed E-state index contributed by atoms with van der Waals surface area (Å²) in [6, 6.07) is 53.8. The van der Waals surface area contributed by atoms with Gasteiger partial charge in [0.05, 0.1) is 33.5 Å². The smallest absolute Gasteiger partial charge is 0.0972 e. The molecular weight excluding hydrogens is 633 g/mol. The summed E-state index contributed by atoms with van der Waals surface area (Å²) >= 11 is 0. The molecule has 244 valence electrons. The molecule has 0 aliphatic heterocycles. The van der Waals surface area contributed by atoms with Crippen molar-refractivity contribution in [1.29, 1.82) is 0 Å². The maximum absolute atomic E-state index is 5.16. The minimum absolute atomic E-state index is 0.923. The van der Waals surface area contributed by atoms with E-state index in [1.54, 1.807) is 0 Å². The Morgan fingerprint density at radius 2 is 1.06 bits per heavy atom. The molecule has 0 N–H and O–H groups in total. The van der Waals surface area contributed by atoms with Crippen molar-refractivity contribution < 1.29 is 0 Å². The van der Waals surface area contributed by atoms with Gasteiger partial charge in [0.1, 0.15) is 0 Å². The monoisotopic (exact) mass is 664 g/mol. The number of nitrogens with zero attached hydrogens (tertiary/aromatic N) is 4. The van der Waals surface area contributed by atoms with Crippen molar-refractivity contribution >= 4 is 54.4 Å². The highest BCUT2D eigenvalue weighted by molar-refractivity contribution is 6.04. The molecule has 6 aromatic carbocycles. The largest absolute Gasteiger partial charge is 0.256 e. The molecule has 0 saturated heterocycles. The molecule has 4 heteroatoms. The molecule has 0 aliphatic carbocycles. The van der Waals surface area contributed by atoms with E-state index < -0.39 is 0 Å². The maximum atomic E-state index is 5.16. The van der Waals surface area contributed by atoms with Crippen LogP contribution in [0.2, 0.25) is 0 Å². The van der Waals surface area contributed by atoms with Crippen molar-refractivity contribution in [3.63, 3.8) is 0 Å². The molecule has 4 aromatic heterocycles. The number of pyridine rings is 4. The first-order chi connectivity index (χ1) is 25.7. The lowest BCUT2D eigenvalue weighted by Crippen LogP contribution is -1.93. The number of aryl methyl sites for hydroxylation is 1. The fraction of sp³-hybridized carbons (Fsp3) is 0.0417. The summed E-state index contributed by atoms with van der Waals surface area (Å²) in [5, 5.41) is 7.01. The highest BCUT2D eigenvalue weighted by atomic mass is 14.8. The van der Waals surface area contributed by atoms with Crippen LogP contribution in [-0.2, 0) is 6.42 Å². The highest BCUT2D eigenvalue weighted by Gasteiger charge is 2.14. The molecule has 0 amide bonds. The molecular formula is C48H32N4. The summed E-state index contributed by atoms with van der Waals surface area (Å²) in [6.45, 7) is 2.25. The fourth-order valence-electron chi connectivity index (χ4n) is 7.68. The first-order valence-electron chi connectivity index (χ1n) is 17.8. The van der Waals surface area contributed by atoms with Crippen LogP contribution in [0.25, 0.3) is 99.2 Å². The van der Waals surface area contributed by atoms with Gasteiger partial charge in [0, 0.05) is 45.1 Å². The summed E-state index contributed by atoms with van der Waals surface area (Å²) < 4.78 is 0. The van der Waals surface area contributed by atoms with Gasteiger partial charge in [0.25, 0.3) is 0 Å². The molecule has 4 nitrogen and oxygen atoms in total. The fourth-order valence-corrected chi connectivity index (χ4v) is 7.68. The van der Waals surface area contributed by atoms with Crippen molar-refractivity contribution in [2.45, 2.75) is 13.3 Å². The number of fused-ring (bicyclic) bond motifs is 6. The van der Waals surface area contributed by atoms with Crippen LogP contribution < -0.4 is 0 Å². The van der Waals surface area contributed by atoms with Crippen molar-refractivity contribution in [2.75, 3.05) is 0 Å². The SMILES string of the molecule is CCc1c(-c2ccnc3ccccc23)ccc2ccc(-c3ccc4ccc(-c5ccc(-c6ccc7ccc8cccnc8c7n6)cc5)nc4c3)cc12. The Kier molecular flexibility index (Phi) is 7.07. The third-order valence-corrected chi connectivity index (χ3v) is 10.4. The second-order valence-corrected chi connectivity index (χ2v) is 13.3. The Morgan fingerprint density at radius 1 is 0.404 bits per heavy atom. The van der Waals surface area contributed by atoms with Crippen molar-refractivity contribution in [3.8, 4) is 44.8 Å². The van der Waals surface area contributed by atoms with Crippen LogP contribution >= 0.6 is 0 Å². The van der Waals surface area contributed by atoms with Crippen LogP contribution in [0, 0.1) is 0 Å². The summed E-state index contributed by atoms with van der Waals surface area (Å²) in [4.78, 5) is 19.4. The van der Waals surface area contributed by atoms with Crippen molar-refractivity contribution in [1.82, 2.24) is 19.9 Å². The normalized spacial score (nSPS) is 11.6. The Labute approximate surface area is 301 Å².